The van der Waals surface area contributed by atoms with Crippen LogP contribution in [0, 0.1) is 0 Å². The van der Waals surface area contributed by atoms with E-state index in [1.165, 1.54) is 4.90 Å². The highest BCUT2D eigenvalue weighted by atomic mass is 79.9. The number of imide groups is 1. The number of carbonyl (C=O) groups is 3. The summed E-state index contributed by atoms with van der Waals surface area (Å²) in [6, 6.07) is 14.0. The molecule has 1 heterocycles. The van der Waals surface area contributed by atoms with Crippen molar-refractivity contribution in [1.29, 1.82) is 0 Å². The van der Waals surface area contributed by atoms with Crippen LogP contribution in [0.5, 0.6) is 5.75 Å². The van der Waals surface area contributed by atoms with Gasteiger partial charge in [-0.1, -0.05) is 28.1 Å². The Labute approximate surface area is 159 Å². The summed E-state index contributed by atoms with van der Waals surface area (Å²) in [4.78, 5) is 39.4. The van der Waals surface area contributed by atoms with Crippen LogP contribution in [0.2, 0.25) is 0 Å². The first-order valence-corrected chi connectivity index (χ1v) is 8.84. The first kappa shape index (κ1) is 18.1. The highest BCUT2D eigenvalue weighted by Gasteiger charge is 2.36. The number of amides is 3. The van der Waals surface area contributed by atoms with E-state index in [9.17, 15) is 14.4 Å². The van der Waals surface area contributed by atoms with E-state index in [0.29, 0.717) is 30.0 Å². The Morgan fingerprint density at radius 3 is 2.19 bits per heavy atom. The summed E-state index contributed by atoms with van der Waals surface area (Å²) in [6.45, 7) is 0.380. The van der Waals surface area contributed by atoms with Crippen molar-refractivity contribution in [3.63, 3.8) is 0 Å². The van der Waals surface area contributed by atoms with Crippen molar-refractivity contribution < 1.29 is 19.1 Å². The molecule has 7 heteroatoms. The fraction of sp³-hybridized carbons (Fsp3) is 0.211. The third-order valence-corrected chi connectivity index (χ3v) is 4.64. The van der Waals surface area contributed by atoms with E-state index in [-0.39, 0.29) is 12.5 Å². The van der Waals surface area contributed by atoms with Gasteiger partial charge in [-0.15, -0.1) is 0 Å². The third-order valence-electron chi connectivity index (χ3n) is 4.11. The molecular formula is C19H17BrN2O4. The van der Waals surface area contributed by atoms with Crippen molar-refractivity contribution in [2.75, 3.05) is 26.7 Å². The average Bonchev–Trinajstić information content (AvgIpc) is 2.88. The molecule has 26 heavy (non-hydrogen) atoms. The van der Waals surface area contributed by atoms with Gasteiger partial charge < -0.3 is 9.64 Å². The number of ether oxygens (including phenoxy) is 1. The molecule has 3 amide bonds. The molecule has 0 unspecified atom stereocenters. The lowest BCUT2D eigenvalue weighted by Crippen LogP contribution is -2.42. The molecule has 0 saturated heterocycles. The first-order valence-electron chi connectivity index (χ1n) is 8.05. The molecular weight excluding hydrogens is 400 g/mol. The van der Waals surface area contributed by atoms with Gasteiger partial charge >= 0.3 is 0 Å². The maximum atomic E-state index is 12.3. The lowest BCUT2D eigenvalue weighted by Gasteiger charge is -2.20. The lowest BCUT2D eigenvalue weighted by molar-refractivity contribution is -0.130. The summed E-state index contributed by atoms with van der Waals surface area (Å²) in [6.07, 6.45) is 0. The van der Waals surface area contributed by atoms with Gasteiger partial charge in [-0.25, -0.2) is 0 Å². The summed E-state index contributed by atoms with van der Waals surface area (Å²) in [5.41, 5.74) is 0.679. The topological polar surface area (TPSA) is 66.9 Å². The Balaban J connectivity index is 1.52. The Morgan fingerprint density at radius 2 is 1.62 bits per heavy atom. The predicted octanol–water partition coefficient (Wildman–Crippen LogP) is 2.58. The second-order valence-corrected chi connectivity index (χ2v) is 6.78. The largest absolute Gasteiger partial charge is 0.492 e. The smallest absolute Gasteiger partial charge is 0.262 e. The fourth-order valence-corrected chi connectivity index (χ4v) is 2.86. The van der Waals surface area contributed by atoms with Gasteiger partial charge in [0, 0.05) is 11.5 Å². The number of carbonyl (C=O) groups excluding carboxylic acids is 3. The van der Waals surface area contributed by atoms with Crippen LogP contribution in [0.4, 0.5) is 0 Å². The number of hydrogen-bond donors (Lipinski definition) is 0. The van der Waals surface area contributed by atoms with Gasteiger partial charge in [0.15, 0.2) is 0 Å². The molecule has 0 aliphatic carbocycles. The average molecular weight is 417 g/mol. The molecule has 0 aromatic heterocycles. The highest BCUT2D eigenvalue weighted by Crippen LogP contribution is 2.22. The maximum Gasteiger partial charge on any atom is 0.262 e. The molecule has 0 radical (unpaired) electrons. The van der Waals surface area contributed by atoms with Crippen LogP contribution in [-0.4, -0.2) is 54.3 Å². The Bertz CT molecular complexity index is 816. The minimum atomic E-state index is -0.432. The zero-order valence-electron chi connectivity index (χ0n) is 14.1. The highest BCUT2D eigenvalue weighted by molar-refractivity contribution is 9.10. The van der Waals surface area contributed by atoms with Crippen LogP contribution in [0.15, 0.2) is 53.0 Å². The van der Waals surface area contributed by atoms with E-state index in [2.05, 4.69) is 15.9 Å². The van der Waals surface area contributed by atoms with Gasteiger partial charge in [-0.2, -0.15) is 0 Å². The maximum absolute atomic E-state index is 12.3. The molecule has 0 fully saturated rings. The minimum Gasteiger partial charge on any atom is -0.492 e. The van der Waals surface area contributed by atoms with Crippen LogP contribution >= 0.6 is 15.9 Å². The zero-order valence-corrected chi connectivity index (χ0v) is 15.7. The molecule has 134 valence electrons. The lowest BCUT2D eigenvalue weighted by atomic mass is 10.1. The minimum absolute atomic E-state index is 0.277. The number of benzene rings is 2. The molecule has 1 aliphatic rings. The molecule has 1 aliphatic heterocycles. The normalized spacial score (nSPS) is 12.9. The van der Waals surface area contributed by atoms with E-state index >= 15 is 0 Å². The van der Waals surface area contributed by atoms with E-state index in [4.69, 9.17) is 4.74 Å². The van der Waals surface area contributed by atoms with Crippen molar-refractivity contribution in [2.45, 2.75) is 0 Å². The number of fused-ring (bicyclic) bond motifs is 1. The zero-order chi connectivity index (χ0) is 18.7. The third kappa shape index (κ3) is 3.77. The van der Waals surface area contributed by atoms with Gasteiger partial charge in [0.05, 0.1) is 17.7 Å². The molecule has 0 bridgehead atoms. The Hall–Kier alpha value is -2.67. The molecule has 2 aromatic carbocycles. The van der Waals surface area contributed by atoms with Crippen molar-refractivity contribution in [3.05, 3.63) is 64.1 Å². The van der Waals surface area contributed by atoms with Crippen LogP contribution in [0.1, 0.15) is 20.7 Å². The van der Waals surface area contributed by atoms with Crippen molar-refractivity contribution in [1.82, 2.24) is 9.80 Å². The molecule has 2 aromatic rings. The molecule has 3 rings (SSSR count). The van der Waals surface area contributed by atoms with Crippen molar-refractivity contribution in [3.8, 4) is 5.75 Å². The second kappa shape index (κ2) is 7.70. The molecule has 0 saturated carbocycles. The van der Waals surface area contributed by atoms with Gasteiger partial charge in [0.25, 0.3) is 11.8 Å². The van der Waals surface area contributed by atoms with Crippen LogP contribution < -0.4 is 4.74 Å². The summed E-state index contributed by atoms with van der Waals surface area (Å²) < 4.78 is 6.54. The van der Waals surface area contributed by atoms with Crippen molar-refractivity contribution >= 4 is 33.7 Å². The van der Waals surface area contributed by atoms with Gasteiger partial charge in [-0.3, -0.25) is 19.3 Å². The van der Waals surface area contributed by atoms with E-state index in [1.807, 2.05) is 24.3 Å². The van der Waals surface area contributed by atoms with Gasteiger partial charge in [0.1, 0.15) is 18.9 Å². The quantitative estimate of drug-likeness (QED) is 0.678. The summed E-state index contributed by atoms with van der Waals surface area (Å²) in [5.74, 6) is -0.481. The van der Waals surface area contributed by atoms with Crippen molar-refractivity contribution in [2.24, 2.45) is 0 Å². The Kier molecular flexibility index (Phi) is 5.37. The summed E-state index contributed by atoms with van der Waals surface area (Å²) in [7, 11) is 1.62. The number of nitrogens with zero attached hydrogens (tertiary/aromatic N) is 2. The molecule has 0 N–H and O–H groups in total. The van der Waals surface area contributed by atoms with E-state index in [0.717, 1.165) is 9.37 Å². The van der Waals surface area contributed by atoms with Gasteiger partial charge in [0.2, 0.25) is 5.91 Å². The number of halogens is 1. The molecule has 0 spiro atoms. The van der Waals surface area contributed by atoms with Crippen LogP contribution in [-0.2, 0) is 4.79 Å². The second-order valence-electron chi connectivity index (χ2n) is 5.86. The monoisotopic (exact) mass is 416 g/mol. The van der Waals surface area contributed by atoms with Crippen LogP contribution in [0.25, 0.3) is 0 Å². The number of rotatable bonds is 6. The van der Waals surface area contributed by atoms with Gasteiger partial charge in [-0.05, 0) is 36.4 Å². The number of hydrogen-bond acceptors (Lipinski definition) is 4. The Morgan fingerprint density at radius 1 is 1.04 bits per heavy atom. The number of likely N-dealkylation sites (N-methyl/N-ethyl adjacent to an activating group) is 1. The van der Waals surface area contributed by atoms with Crippen LogP contribution in [0.3, 0.4) is 0 Å². The first-order chi connectivity index (χ1) is 12.5. The fourth-order valence-electron chi connectivity index (χ4n) is 2.59. The molecule has 6 nitrogen and oxygen atoms in total. The SMILES string of the molecule is CN(CCOc1ccc(Br)cc1)C(=O)CN1C(=O)c2ccccc2C1=O. The van der Waals surface area contributed by atoms with E-state index in [1.54, 1.807) is 31.3 Å². The summed E-state index contributed by atoms with van der Waals surface area (Å²) >= 11 is 3.35. The summed E-state index contributed by atoms with van der Waals surface area (Å²) in [5, 5.41) is 0. The standard InChI is InChI=1S/C19H17BrN2O4/c1-21(10-11-26-14-8-6-13(20)7-9-14)17(23)12-22-18(24)15-4-2-3-5-16(15)19(22)25/h2-9H,10-12H2,1H3. The molecule has 0 atom stereocenters. The van der Waals surface area contributed by atoms with E-state index < -0.39 is 11.8 Å². The predicted molar refractivity (Wildman–Crippen MR) is 99.1 cm³/mol.